The average Bonchev–Trinajstić information content (AvgIpc) is 2.39. The van der Waals surface area contributed by atoms with E-state index < -0.39 is 0 Å². The predicted molar refractivity (Wildman–Crippen MR) is 88.2 cm³/mol. The second-order valence-electron chi connectivity index (χ2n) is 4.68. The van der Waals surface area contributed by atoms with E-state index >= 15 is 0 Å². The summed E-state index contributed by atoms with van der Waals surface area (Å²) in [5, 5.41) is 3.63. The Kier molecular flexibility index (Phi) is 5.20. The molecule has 2 atom stereocenters. The lowest BCUT2D eigenvalue weighted by atomic mass is 10.0. The van der Waals surface area contributed by atoms with E-state index in [1.165, 1.54) is 11.1 Å². The minimum absolute atomic E-state index is 0.300. The number of halogens is 2. The Hall–Kier alpha value is -0.640. The fraction of sp³-hybridized carbons (Fsp3) is 0.250. The van der Waals surface area contributed by atoms with E-state index in [1.807, 2.05) is 6.07 Å². The molecule has 100 valence electrons. The van der Waals surface area contributed by atoms with Gasteiger partial charge < -0.3 is 5.32 Å². The Morgan fingerprint density at radius 1 is 0.842 bits per heavy atom. The quantitative estimate of drug-likeness (QED) is 0.723. The van der Waals surface area contributed by atoms with Gasteiger partial charge in [-0.3, -0.25) is 0 Å². The van der Waals surface area contributed by atoms with Crippen LogP contribution in [0.5, 0.6) is 0 Å². The predicted octanol–water partition coefficient (Wildman–Crippen LogP) is 5.62. The standard InChI is InChI=1S/C16H17Br2N/c1-11(13-7-9-14(17)10-8-13)19-12(2)15-5-3-4-6-16(15)18/h3-12,19H,1-2H3/t11-,12?/m1/s1. The van der Waals surface area contributed by atoms with E-state index in [1.54, 1.807) is 0 Å². The molecule has 19 heavy (non-hydrogen) atoms. The van der Waals surface area contributed by atoms with E-state index in [2.05, 4.69) is 93.5 Å². The first-order chi connectivity index (χ1) is 9.08. The van der Waals surface area contributed by atoms with Gasteiger partial charge in [0.15, 0.2) is 0 Å². The van der Waals surface area contributed by atoms with Crippen LogP contribution in [0, 0.1) is 0 Å². The topological polar surface area (TPSA) is 12.0 Å². The van der Waals surface area contributed by atoms with Crippen molar-refractivity contribution in [2.24, 2.45) is 0 Å². The molecule has 2 rings (SSSR count). The van der Waals surface area contributed by atoms with Gasteiger partial charge in [0.2, 0.25) is 0 Å². The van der Waals surface area contributed by atoms with Crippen LogP contribution < -0.4 is 5.32 Å². The summed E-state index contributed by atoms with van der Waals surface area (Å²) < 4.78 is 2.26. The lowest BCUT2D eigenvalue weighted by molar-refractivity contribution is 0.493. The van der Waals surface area contributed by atoms with Gasteiger partial charge in [0.05, 0.1) is 0 Å². The van der Waals surface area contributed by atoms with Gasteiger partial charge in [-0.2, -0.15) is 0 Å². The number of benzene rings is 2. The van der Waals surface area contributed by atoms with Gasteiger partial charge in [0.25, 0.3) is 0 Å². The highest BCUT2D eigenvalue weighted by Crippen LogP contribution is 2.25. The fourth-order valence-corrected chi connectivity index (χ4v) is 3.03. The summed E-state index contributed by atoms with van der Waals surface area (Å²) in [6.45, 7) is 4.38. The molecular formula is C16H17Br2N. The van der Waals surface area contributed by atoms with Crippen LogP contribution in [-0.4, -0.2) is 0 Å². The van der Waals surface area contributed by atoms with Crippen LogP contribution in [0.3, 0.4) is 0 Å². The summed E-state index contributed by atoms with van der Waals surface area (Å²) in [6.07, 6.45) is 0. The highest BCUT2D eigenvalue weighted by molar-refractivity contribution is 9.10. The Bertz CT molecular complexity index is 537. The average molecular weight is 383 g/mol. The molecule has 0 amide bonds. The lowest BCUT2D eigenvalue weighted by Gasteiger charge is -2.21. The number of rotatable bonds is 4. The van der Waals surface area contributed by atoms with Crippen molar-refractivity contribution in [3.8, 4) is 0 Å². The first-order valence-electron chi connectivity index (χ1n) is 6.34. The molecule has 0 spiro atoms. The molecule has 3 heteroatoms. The summed E-state index contributed by atoms with van der Waals surface area (Å²) >= 11 is 7.07. The minimum Gasteiger partial charge on any atom is -0.304 e. The van der Waals surface area contributed by atoms with Crippen molar-refractivity contribution in [3.63, 3.8) is 0 Å². The van der Waals surface area contributed by atoms with Crippen LogP contribution in [0.15, 0.2) is 57.5 Å². The van der Waals surface area contributed by atoms with Crippen LogP contribution in [0.1, 0.15) is 37.1 Å². The minimum atomic E-state index is 0.300. The molecule has 0 fully saturated rings. The van der Waals surface area contributed by atoms with Crippen molar-refractivity contribution < 1.29 is 0 Å². The maximum absolute atomic E-state index is 3.63. The number of hydrogen-bond acceptors (Lipinski definition) is 1. The van der Waals surface area contributed by atoms with Gasteiger partial charge in [0, 0.05) is 21.0 Å². The third kappa shape index (κ3) is 3.91. The van der Waals surface area contributed by atoms with E-state index in [0.29, 0.717) is 12.1 Å². The van der Waals surface area contributed by atoms with Crippen LogP contribution in [0.4, 0.5) is 0 Å². The first kappa shape index (κ1) is 14.8. The van der Waals surface area contributed by atoms with E-state index in [9.17, 15) is 0 Å². The van der Waals surface area contributed by atoms with Gasteiger partial charge in [-0.15, -0.1) is 0 Å². The van der Waals surface area contributed by atoms with E-state index in [-0.39, 0.29) is 0 Å². The van der Waals surface area contributed by atoms with Crippen molar-refractivity contribution in [1.82, 2.24) is 5.32 Å². The second-order valence-corrected chi connectivity index (χ2v) is 6.45. The summed E-state index contributed by atoms with van der Waals surface area (Å²) in [7, 11) is 0. The van der Waals surface area contributed by atoms with Crippen LogP contribution in [0.2, 0.25) is 0 Å². The Labute approximate surface area is 131 Å². The molecule has 1 N–H and O–H groups in total. The zero-order valence-electron chi connectivity index (χ0n) is 11.0. The molecule has 0 radical (unpaired) electrons. The number of nitrogens with one attached hydrogen (secondary N) is 1. The highest BCUT2D eigenvalue weighted by atomic mass is 79.9. The molecule has 2 aromatic rings. The van der Waals surface area contributed by atoms with Crippen molar-refractivity contribution in [2.75, 3.05) is 0 Å². The third-order valence-electron chi connectivity index (χ3n) is 3.24. The van der Waals surface area contributed by atoms with Gasteiger partial charge in [0.1, 0.15) is 0 Å². The first-order valence-corrected chi connectivity index (χ1v) is 7.92. The Balaban J connectivity index is 2.08. The van der Waals surface area contributed by atoms with Gasteiger partial charge in [-0.25, -0.2) is 0 Å². The molecule has 0 heterocycles. The maximum atomic E-state index is 3.63. The summed E-state index contributed by atoms with van der Waals surface area (Å²) in [6, 6.07) is 17.4. The normalized spacial score (nSPS) is 14.1. The molecule has 0 bridgehead atoms. The zero-order chi connectivity index (χ0) is 13.8. The molecule has 0 saturated heterocycles. The SMILES string of the molecule is CC(N[C@H](C)c1ccc(Br)cc1)c1ccccc1Br. The fourth-order valence-electron chi connectivity index (χ4n) is 2.14. The largest absolute Gasteiger partial charge is 0.304 e. The molecule has 0 aromatic heterocycles. The van der Waals surface area contributed by atoms with Crippen molar-refractivity contribution in [1.29, 1.82) is 0 Å². The van der Waals surface area contributed by atoms with Crippen LogP contribution in [-0.2, 0) is 0 Å². The second kappa shape index (κ2) is 6.69. The monoisotopic (exact) mass is 381 g/mol. The molecule has 0 aliphatic rings. The molecule has 1 unspecified atom stereocenters. The van der Waals surface area contributed by atoms with Crippen molar-refractivity contribution in [3.05, 3.63) is 68.6 Å². The lowest BCUT2D eigenvalue weighted by Crippen LogP contribution is -2.22. The van der Waals surface area contributed by atoms with Crippen LogP contribution in [0.25, 0.3) is 0 Å². The molecule has 0 aliphatic heterocycles. The van der Waals surface area contributed by atoms with E-state index in [4.69, 9.17) is 0 Å². The molecule has 1 nitrogen and oxygen atoms in total. The van der Waals surface area contributed by atoms with Crippen LogP contribution >= 0.6 is 31.9 Å². The molecule has 2 aromatic carbocycles. The van der Waals surface area contributed by atoms with Gasteiger partial charge >= 0.3 is 0 Å². The highest BCUT2D eigenvalue weighted by Gasteiger charge is 2.12. The molecular weight excluding hydrogens is 366 g/mol. The molecule has 0 saturated carbocycles. The Morgan fingerprint density at radius 3 is 2.11 bits per heavy atom. The third-order valence-corrected chi connectivity index (χ3v) is 4.49. The summed E-state index contributed by atoms with van der Waals surface area (Å²) in [4.78, 5) is 0. The van der Waals surface area contributed by atoms with E-state index in [0.717, 1.165) is 8.95 Å². The van der Waals surface area contributed by atoms with Crippen molar-refractivity contribution in [2.45, 2.75) is 25.9 Å². The summed E-state index contributed by atoms with van der Waals surface area (Å²) in [5.41, 5.74) is 2.58. The maximum Gasteiger partial charge on any atom is 0.0308 e. The van der Waals surface area contributed by atoms with Gasteiger partial charge in [-0.05, 0) is 43.2 Å². The number of hydrogen-bond donors (Lipinski definition) is 1. The Morgan fingerprint density at radius 2 is 1.47 bits per heavy atom. The van der Waals surface area contributed by atoms with Crippen molar-refractivity contribution >= 4 is 31.9 Å². The molecule has 0 aliphatic carbocycles. The summed E-state index contributed by atoms with van der Waals surface area (Å²) in [5.74, 6) is 0. The zero-order valence-corrected chi connectivity index (χ0v) is 14.2. The van der Waals surface area contributed by atoms with Gasteiger partial charge in [-0.1, -0.05) is 62.2 Å². The smallest absolute Gasteiger partial charge is 0.0308 e.